The minimum absolute atomic E-state index is 0.0808. The molecular weight excluding hydrogens is 318 g/mol. The lowest BCUT2D eigenvalue weighted by molar-refractivity contribution is -0.136. The van der Waals surface area contributed by atoms with Crippen LogP contribution in [0, 0.1) is 5.92 Å². The molecule has 2 aliphatic heterocycles. The molecule has 3 rings (SSSR count). The molecule has 2 saturated heterocycles. The first kappa shape index (κ1) is 16.7. The van der Waals surface area contributed by atoms with Crippen molar-refractivity contribution in [1.29, 1.82) is 0 Å². The molecule has 0 radical (unpaired) electrons. The van der Waals surface area contributed by atoms with Gasteiger partial charge in [0.25, 0.3) is 0 Å². The van der Waals surface area contributed by atoms with Crippen LogP contribution in [0.2, 0.25) is 0 Å². The molecule has 0 aromatic carbocycles. The van der Waals surface area contributed by atoms with Crippen molar-refractivity contribution in [2.75, 3.05) is 32.7 Å². The number of hydrogen-bond acceptors (Lipinski definition) is 4. The SMILES string of the molecule is O=C1CN(S(=O)(=O)[C@H]2CCCN(C(=O)C3CCCC3)C2)CCN1. The molecule has 1 atom stereocenters. The maximum absolute atomic E-state index is 12.8. The topological polar surface area (TPSA) is 86.8 Å². The highest BCUT2D eigenvalue weighted by Gasteiger charge is 2.39. The van der Waals surface area contributed by atoms with E-state index >= 15 is 0 Å². The van der Waals surface area contributed by atoms with Gasteiger partial charge in [-0.05, 0) is 25.7 Å². The molecule has 23 heavy (non-hydrogen) atoms. The summed E-state index contributed by atoms with van der Waals surface area (Å²) in [6.07, 6.45) is 5.32. The number of nitrogens with zero attached hydrogens (tertiary/aromatic N) is 2. The van der Waals surface area contributed by atoms with Crippen LogP contribution in [0.5, 0.6) is 0 Å². The summed E-state index contributed by atoms with van der Waals surface area (Å²) in [6, 6.07) is 0. The second kappa shape index (κ2) is 6.76. The number of carbonyl (C=O) groups excluding carboxylic acids is 2. The first-order chi connectivity index (χ1) is 11.0. The van der Waals surface area contributed by atoms with Gasteiger partial charge in [-0.25, -0.2) is 8.42 Å². The summed E-state index contributed by atoms with van der Waals surface area (Å²) in [5.41, 5.74) is 0. The number of nitrogens with one attached hydrogen (secondary N) is 1. The number of hydrogen-bond donors (Lipinski definition) is 1. The number of sulfonamides is 1. The fourth-order valence-electron chi connectivity index (χ4n) is 3.86. The van der Waals surface area contributed by atoms with E-state index < -0.39 is 15.3 Å². The highest BCUT2D eigenvalue weighted by atomic mass is 32.2. The van der Waals surface area contributed by atoms with Crippen molar-refractivity contribution >= 4 is 21.8 Å². The van der Waals surface area contributed by atoms with Crippen molar-refractivity contribution in [1.82, 2.24) is 14.5 Å². The fraction of sp³-hybridized carbons (Fsp3) is 0.867. The molecule has 0 aromatic rings. The zero-order chi connectivity index (χ0) is 16.4. The largest absolute Gasteiger partial charge is 0.354 e. The van der Waals surface area contributed by atoms with E-state index in [1.54, 1.807) is 4.90 Å². The van der Waals surface area contributed by atoms with Crippen molar-refractivity contribution in [2.24, 2.45) is 5.92 Å². The van der Waals surface area contributed by atoms with E-state index in [-0.39, 0.29) is 30.8 Å². The lowest BCUT2D eigenvalue weighted by Gasteiger charge is -2.37. The Balaban J connectivity index is 1.67. The van der Waals surface area contributed by atoms with Crippen LogP contribution in [-0.4, -0.2) is 67.4 Å². The average Bonchev–Trinajstić information content (AvgIpc) is 3.09. The molecule has 130 valence electrons. The van der Waals surface area contributed by atoms with E-state index in [0.29, 0.717) is 32.5 Å². The average molecular weight is 343 g/mol. The number of likely N-dealkylation sites (tertiary alicyclic amines) is 1. The van der Waals surface area contributed by atoms with Crippen LogP contribution in [0.1, 0.15) is 38.5 Å². The Morgan fingerprint density at radius 1 is 1.09 bits per heavy atom. The summed E-state index contributed by atoms with van der Waals surface area (Å²) in [4.78, 5) is 25.8. The molecule has 1 aliphatic carbocycles. The van der Waals surface area contributed by atoms with Gasteiger partial charge in [-0.1, -0.05) is 12.8 Å². The van der Waals surface area contributed by atoms with Gasteiger partial charge in [-0.2, -0.15) is 4.31 Å². The molecular formula is C15H25N3O4S. The van der Waals surface area contributed by atoms with Crippen LogP contribution in [0.25, 0.3) is 0 Å². The Morgan fingerprint density at radius 2 is 1.83 bits per heavy atom. The van der Waals surface area contributed by atoms with E-state index in [1.165, 1.54) is 4.31 Å². The minimum atomic E-state index is -3.53. The smallest absolute Gasteiger partial charge is 0.235 e. The predicted molar refractivity (Wildman–Crippen MR) is 85.1 cm³/mol. The lowest BCUT2D eigenvalue weighted by Crippen LogP contribution is -2.55. The van der Waals surface area contributed by atoms with Gasteiger partial charge in [0.1, 0.15) is 0 Å². The van der Waals surface area contributed by atoms with Crippen LogP contribution in [0.3, 0.4) is 0 Å². The van der Waals surface area contributed by atoms with Crippen molar-refractivity contribution in [2.45, 2.75) is 43.8 Å². The Bertz CT molecular complexity index is 571. The molecule has 0 unspecified atom stereocenters. The van der Waals surface area contributed by atoms with E-state index in [0.717, 1.165) is 25.7 Å². The van der Waals surface area contributed by atoms with Gasteiger partial charge in [0.05, 0.1) is 11.8 Å². The van der Waals surface area contributed by atoms with Gasteiger partial charge >= 0.3 is 0 Å². The zero-order valence-corrected chi connectivity index (χ0v) is 14.2. The molecule has 2 amide bonds. The van der Waals surface area contributed by atoms with Crippen LogP contribution >= 0.6 is 0 Å². The van der Waals surface area contributed by atoms with E-state index in [9.17, 15) is 18.0 Å². The molecule has 0 aromatic heterocycles. The van der Waals surface area contributed by atoms with E-state index in [2.05, 4.69) is 5.32 Å². The normalized spacial score (nSPS) is 27.9. The Kier molecular flexibility index (Phi) is 4.91. The van der Waals surface area contributed by atoms with Crippen molar-refractivity contribution in [3.63, 3.8) is 0 Å². The van der Waals surface area contributed by atoms with Gasteiger partial charge < -0.3 is 10.2 Å². The van der Waals surface area contributed by atoms with Crippen LogP contribution in [-0.2, 0) is 19.6 Å². The molecule has 2 heterocycles. The third-order valence-corrected chi connectivity index (χ3v) is 7.44. The van der Waals surface area contributed by atoms with Crippen molar-refractivity contribution < 1.29 is 18.0 Å². The number of carbonyl (C=O) groups is 2. The van der Waals surface area contributed by atoms with Gasteiger partial charge in [0.2, 0.25) is 21.8 Å². The van der Waals surface area contributed by atoms with Crippen LogP contribution < -0.4 is 5.32 Å². The summed E-state index contributed by atoms with van der Waals surface area (Å²) in [5, 5.41) is 2.07. The molecule has 0 spiro atoms. The molecule has 3 fully saturated rings. The number of amides is 2. The maximum Gasteiger partial charge on any atom is 0.235 e. The van der Waals surface area contributed by atoms with Crippen LogP contribution in [0.4, 0.5) is 0 Å². The van der Waals surface area contributed by atoms with Crippen LogP contribution in [0.15, 0.2) is 0 Å². The predicted octanol–water partition coefficient (Wildman–Crippen LogP) is -0.0708. The van der Waals surface area contributed by atoms with Crippen molar-refractivity contribution in [3.05, 3.63) is 0 Å². The Labute approximate surface area is 137 Å². The first-order valence-corrected chi connectivity index (χ1v) is 10.0. The Morgan fingerprint density at radius 3 is 2.52 bits per heavy atom. The third-order valence-electron chi connectivity index (χ3n) is 5.18. The second-order valence-electron chi connectivity index (χ2n) is 6.76. The third kappa shape index (κ3) is 3.52. The quantitative estimate of drug-likeness (QED) is 0.777. The summed E-state index contributed by atoms with van der Waals surface area (Å²) in [6.45, 7) is 1.50. The molecule has 1 saturated carbocycles. The molecule has 0 bridgehead atoms. The molecule has 1 N–H and O–H groups in total. The van der Waals surface area contributed by atoms with Crippen molar-refractivity contribution in [3.8, 4) is 0 Å². The highest BCUT2D eigenvalue weighted by Crippen LogP contribution is 2.29. The summed E-state index contributed by atoms with van der Waals surface area (Å²) >= 11 is 0. The monoisotopic (exact) mass is 343 g/mol. The lowest BCUT2D eigenvalue weighted by atomic mass is 10.0. The molecule has 7 nitrogen and oxygen atoms in total. The number of piperazine rings is 1. The van der Waals surface area contributed by atoms with Gasteiger partial charge in [-0.3, -0.25) is 9.59 Å². The zero-order valence-electron chi connectivity index (χ0n) is 13.4. The Hall–Kier alpha value is -1.15. The van der Waals surface area contributed by atoms with Gasteiger partial charge in [0, 0.05) is 32.1 Å². The standard InChI is InChI=1S/C15H25N3O4S/c19-14-11-18(9-7-16-14)23(21,22)13-6-3-8-17(10-13)15(20)12-4-1-2-5-12/h12-13H,1-11H2,(H,16,19)/t13-/m0/s1. The molecule has 3 aliphatic rings. The first-order valence-electron chi connectivity index (χ1n) is 8.53. The van der Waals surface area contributed by atoms with Gasteiger partial charge in [0.15, 0.2) is 0 Å². The summed E-state index contributed by atoms with van der Waals surface area (Å²) in [5.74, 6) is -0.0504. The highest BCUT2D eigenvalue weighted by molar-refractivity contribution is 7.89. The minimum Gasteiger partial charge on any atom is -0.354 e. The van der Waals surface area contributed by atoms with E-state index in [4.69, 9.17) is 0 Å². The number of rotatable bonds is 3. The maximum atomic E-state index is 12.8. The molecule has 8 heteroatoms. The number of piperidine rings is 1. The summed E-state index contributed by atoms with van der Waals surface area (Å²) < 4.78 is 26.8. The fourth-order valence-corrected chi connectivity index (χ4v) is 5.75. The second-order valence-corrected chi connectivity index (χ2v) is 8.97. The summed E-state index contributed by atoms with van der Waals surface area (Å²) in [7, 11) is -3.53. The van der Waals surface area contributed by atoms with Gasteiger partial charge in [-0.15, -0.1) is 0 Å². The van der Waals surface area contributed by atoms with E-state index in [1.807, 2.05) is 0 Å².